The molecule has 25 heavy (non-hydrogen) atoms. The molecule has 2 atom stereocenters. The van der Waals surface area contributed by atoms with Crippen LogP contribution in [0.2, 0.25) is 0 Å². The molecule has 0 bridgehead atoms. The van der Waals surface area contributed by atoms with Crippen LogP contribution in [0.4, 0.5) is 0 Å². The first-order valence-electron chi connectivity index (χ1n) is 7.98. The van der Waals surface area contributed by atoms with Crippen LogP contribution in [0.25, 0.3) is 11.4 Å². The zero-order valence-electron chi connectivity index (χ0n) is 15.0. The van der Waals surface area contributed by atoms with Gasteiger partial charge in [-0.05, 0) is 31.9 Å². The summed E-state index contributed by atoms with van der Waals surface area (Å²) in [4.78, 5) is 16.5. The topological polar surface area (TPSA) is 96.5 Å². The fraction of sp³-hybridized carbons (Fsp3) is 0.471. The number of nitriles is 1. The van der Waals surface area contributed by atoms with Gasteiger partial charge in [-0.15, -0.1) is 10.2 Å². The molecule has 2 aromatic rings. The molecule has 0 aliphatic carbocycles. The molecule has 0 spiro atoms. The van der Waals surface area contributed by atoms with Crippen LogP contribution in [0, 0.1) is 17.2 Å². The molecule has 0 unspecified atom stereocenters. The van der Waals surface area contributed by atoms with Gasteiger partial charge >= 0.3 is 0 Å². The van der Waals surface area contributed by atoms with Crippen LogP contribution in [-0.2, 0) is 11.8 Å². The highest BCUT2D eigenvalue weighted by molar-refractivity contribution is 8.00. The number of hydrogen-bond donors (Lipinski definition) is 1. The quantitative estimate of drug-likeness (QED) is 0.797. The second kappa shape index (κ2) is 7.66. The lowest BCUT2D eigenvalue weighted by molar-refractivity contribution is -0.121. The van der Waals surface area contributed by atoms with E-state index in [1.54, 1.807) is 26.2 Å². The molecule has 0 saturated heterocycles. The van der Waals surface area contributed by atoms with Gasteiger partial charge in [-0.3, -0.25) is 9.78 Å². The average Bonchev–Trinajstić information content (AvgIpc) is 2.96. The van der Waals surface area contributed by atoms with Crippen molar-refractivity contribution in [2.75, 3.05) is 0 Å². The summed E-state index contributed by atoms with van der Waals surface area (Å²) in [6, 6.07) is 5.90. The van der Waals surface area contributed by atoms with E-state index in [0.717, 1.165) is 5.56 Å². The number of nitrogens with zero attached hydrogens (tertiary/aromatic N) is 5. The Kier molecular flexibility index (Phi) is 5.80. The van der Waals surface area contributed by atoms with Crippen LogP contribution in [0.5, 0.6) is 0 Å². The van der Waals surface area contributed by atoms with Crippen LogP contribution in [0.3, 0.4) is 0 Å². The first-order valence-corrected chi connectivity index (χ1v) is 8.86. The van der Waals surface area contributed by atoms with Crippen LogP contribution in [-0.4, -0.2) is 36.4 Å². The smallest absolute Gasteiger partial charge is 0.234 e. The second-order valence-electron chi connectivity index (χ2n) is 6.32. The van der Waals surface area contributed by atoms with E-state index in [9.17, 15) is 10.1 Å². The van der Waals surface area contributed by atoms with Crippen molar-refractivity contribution in [2.45, 2.75) is 43.6 Å². The number of aromatic nitrogens is 4. The monoisotopic (exact) mass is 358 g/mol. The van der Waals surface area contributed by atoms with Crippen molar-refractivity contribution in [1.82, 2.24) is 25.1 Å². The Bertz CT molecular complexity index is 782. The highest BCUT2D eigenvalue weighted by Crippen LogP contribution is 2.26. The zero-order chi connectivity index (χ0) is 18.6. The molecule has 0 aliphatic heterocycles. The first kappa shape index (κ1) is 18.9. The summed E-state index contributed by atoms with van der Waals surface area (Å²) in [5.41, 5.74) is 0.0133. The van der Waals surface area contributed by atoms with E-state index in [-0.39, 0.29) is 11.8 Å². The van der Waals surface area contributed by atoms with E-state index in [1.165, 1.54) is 11.8 Å². The van der Waals surface area contributed by atoms with Gasteiger partial charge in [0, 0.05) is 25.0 Å². The van der Waals surface area contributed by atoms with Crippen molar-refractivity contribution in [3.05, 3.63) is 24.5 Å². The summed E-state index contributed by atoms with van der Waals surface area (Å²) in [6.07, 6.45) is 3.39. The molecule has 0 aromatic carbocycles. The molecule has 0 fully saturated rings. The third-order valence-corrected chi connectivity index (χ3v) is 5.33. The fourth-order valence-corrected chi connectivity index (χ4v) is 2.86. The van der Waals surface area contributed by atoms with Gasteiger partial charge in [-0.2, -0.15) is 5.26 Å². The minimum atomic E-state index is -0.895. The van der Waals surface area contributed by atoms with Gasteiger partial charge in [-0.25, -0.2) is 0 Å². The minimum Gasteiger partial charge on any atom is -0.337 e. The number of hydrogen-bond acceptors (Lipinski definition) is 6. The van der Waals surface area contributed by atoms with Gasteiger partial charge in [-0.1, -0.05) is 25.6 Å². The lowest BCUT2D eigenvalue weighted by Gasteiger charge is -2.28. The second-order valence-corrected chi connectivity index (χ2v) is 7.63. The van der Waals surface area contributed by atoms with Gasteiger partial charge in [0.1, 0.15) is 5.54 Å². The number of rotatable bonds is 6. The molecule has 0 saturated carbocycles. The third kappa shape index (κ3) is 4.17. The lowest BCUT2D eigenvalue weighted by atomic mass is 9.90. The zero-order valence-corrected chi connectivity index (χ0v) is 15.8. The van der Waals surface area contributed by atoms with Crippen molar-refractivity contribution in [1.29, 1.82) is 5.26 Å². The first-order chi connectivity index (χ1) is 11.8. The molecule has 2 heterocycles. The number of carbonyl (C=O) groups excluding carboxylic acids is 1. The van der Waals surface area contributed by atoms with E-state index >= 15 is 0 Å². The molecule has 132 valence electrons. The number of carbonyl (C=O) groups is 1. The average molecular weight is 358 g/mol. The number of amides is 1. The van der Waals surface area contributed by atoms with Gasteiger partial charge in [0.15, 0.2) is 11.0 Å². The normalized spacial score (nSPS) is 14.6. The molecular formula is C17H22N6OS. The molecular weight excluding hydrogens is 336 g/mol. The maximum atomic E-state index is 12.5. The van der Waals surface area contributed by atoms with Gasteiger partial charge < -0.3 is 9.88 Å². The Labute approximate surface area is 151 Å². The molecule has 1 N–H and O–H groups in total. The molecule has 2 rings (SSSR count). The fourth-order valence-electron chi connectivity index (χ4n) is 2.04. The van der Waals surface area contributed by atoms with Crippen molar-refractivity contribution >= 4 is 17.7 Å². The lowest BCUT2D eigenvalue weighted by Crippen LogP contribution is -2.51. The number of nitrogens with one attached hydrogen (secondary N) is 1. The van der Waals surface area contributed by atoms with Gasteiger partial charge in [0.2, 0.25) is 5.91 Å². The standard InChI is InChI=1S/C17H22N6OS/c1-11(2)17(4,10-18)20-15(24)12(3)25-16-22-21-14(23(16)5)13-6-8-19-9-7-13/h6-9,11-12H,1-5H3,(H,20,24)/t12-,17+/m1/s1. The van der Waals surface area contributed by atoms with E-state index in [4.69, 9.17) is 0 Å². The minimum absolute atomic E-state index is 0.00627. The Balaban J connectivity index is 2.11. The van der Waals surface area contributed by atoms with Crippen molar-refractivity contribution in [3.63, 3.8) is 0 Å². The Hall–Kier alpha value is -2.40. The number of pyridine rings is 1. The maximum Gasteiger partial charge on any atom is 0.234 e. The van der Waals surface area contributed by atoms with Crippen LogP contribution in [0.15, 0.2) is 29.7 Å². The highest BCUT2D eigenvalue weighted by atomic mass is 32.2. The molecule has 1 amide bonds. The molecule has 7 nitrogen and oxygen atoms in total. The summed E-state index contributed by atoms with van der Waals surface area (Å²) in [5.74, 6) is 0.518. The molecule has 2 aromatic heterocycles. The predicted octanol–water partition coefficient (Wildman–Crippen LogP) is 2.41. The van der Waals surface area contributed by atoms with Gasteiger partial charge in [0.25, 0.3) is 0 Å². The van der Waals surface area contributed by atoms with Crippen LogP contribution >= 0.6 is 11.8 Å². The summed E-state index contributed by atoms with van der Waals surface area (Å²) in [7, 11) is 1.86. The van der Waals surface area contributed by atoms with Crippen LogP contribution < -0.4 is 5.32 Å². The Morgan fingerprint density at radius 2 is 1.96 bits per heavy atom. The Morgan fingerprint density at radius 3 is 2.52 bits per heavy atom. The maximum absolute atomic E-state index is 12.5. The third-order valence-electron chi connectivity index (χ3n) is 4.19. The predicted molar refractivity (Wildman–Crippen MR) is 96.6 cm³/mol. The van der Waals surface area contributed by atoms with Crippen LogP contribution in [0.1, 0.15) is 27.7 Å². The molecule has 0 aliphatic rings. The summed E-state index contributed by atoms with van der Waals surface area (Å²) >= 11 is 1.31. The van der Waals surface area contributed by atoms with E-state index in [0.29, 0.717) is 11.0 Å². The van der Waals surface area contributed by atoms with Gasteiger partial charge in [0.05, 0.1) is 11.3 Å². The van der Waals surface area contributed by atoms with E-state index < -0.39 is 10.8 Å². The Morgan fingerprint density at radius 1 is 1.32 bits per heavy atom. The summed E-state index contributed by atoms with van der Waals surface area (Å²) in [6.45, 7) is 7.34. The SMILES string of the molecule is CC(C)[C@](C)(C#N)NC(=O)[C@@H](C)Sc1nnc(-c2ccncc2)n1C. The summed E-state index contributed by atoms with van der Waals surface area (Å²) < 4.78 is 1.84. The van der Waals surface area contributed by atoms with E-state index in [2.05, 4.69) is 26.6 Å². The van der Waals surface area contributed by atoms with E-state index in [1.807, 2.05) is 37.6 Å². The largest absolute Gasteiger partial charge is 0.337 e. The molecule has 8 heteroatoms. The molecule has 0 radical (unpaired) electrons. The van der Waals surface area contributed by atoms with Crippen molar-refractivity contribution in [3.8, 4) is 17.5 Å². The summed E-state index contributed by atoms with van der Waals surface area (Å²) in [5, 5.41) is 20.8. The van der Waals surface area contributed by atoms with Crippen molar-refractivity contribution < 1.29 is 4.79 Å². The highest BCUT2D eigenvalue weighted by Gasteiger charge is 2.32. The van der Waals surface area contributed by atoms with Crippen molar-refractivity contribution in [2.24, 2.45) is 13.0 Å². The number of thioether (sulfide) groups is 1.